The third-order valence-electron chi connectivity index (χ3n) is 7.22. The zero-order valence-corrected chi connectivity index (χ0v) is 20.0. The molecule has 3 aliphatic rings. The number of hydrogen-bond donors (Lipinski definition) is 0. The lowest BCUT2D eigenvalue weighted by atomic mass is 10.0. The van der Waals surface area contributed by atoms with Crippen LogP contribution in [0.4, 0.5) is 0 Å². The molecule has 3 aromatic carbocycles. The smallest absolute Gasteiger partial charge is 0.261 e. The summed E-state index contributed by atoms with van der Waals surface area (Å²) >= 11 is 0. The number of carbonyl (C=O) groups is 3. The van der Waals surface area contributed by atoms with Crippen molar-refractivity contribution in [2.75, 3.05) is 32.8 Å². The maximum atomic E-state index is 13.2. The van der Waals surface area contributed by atoms with Crippen molar-refractivity contribution in [2.24, 2.45) is 0 Å². The van der Waals surface area contributed by atoms with Gasteiger partial charge in [0, 0.05) is 44.7 Å². The minimum absolute atomic E-state index is 0.103. The Morgan fingerprint density at radius 1 is 0.778 bits per heavy atom. The molecule has 0 bridgehead atoms. The summed E-state index contributed by atoms with van der Waals surface area (Å²) < 4.78 is 5.60. The SMILES string of the molecule is O=C(c1ccc2c(c1)C(=O)N(Cc1ccccc1)C2=O)N1CCN(Cc2ccc3c(c2)CCO3)CC1. The molecule has 182 valence electrons. The molecule has 0 aliphatic carbocycles. The predicted octanol–water partition coefficient (Wildman–Crippen LogP) is 3.38. The third-order valence-corrected chi connectivity index (χ3v) is 7.22. The lowest BCUT2D eigenvalue weighted by molar-refractivity contribution is 0.0625. The van der Waals surface area contributed by atoms with Crippen LogP contribution in [-0.2, 0) is 19.5 Å². The number of nitrogens with zero attached hydrogens (tertiary/aromatic N) is 3. The van der Waals surface area contributed by atoms with Crippen LogP contribution in [0.25, 0.3) is 0 Å². The monoisotopic (exact) mass is 481 g/mol. The lowest BCUT2D eigenvalue weighted by Crippen LogP contribution is -2.48. The molecule has 3 amide bonds. The maximum Gasteiger partial charge on any atom is 0.261 e. The second-order valence-corrected chi connectivity index (χ2v) is 9.55. The van der Waals surface area contributed by atoms with E-state index < -0.39 is 0 Å². The van der Waals surface area contributed by atoms with Gasteiger partial charge in [-0.1, -0.05) is 42.5 Å². The first-order chi connectivity index (χ1) is 17.6. The fourth-order valence-corrected chi connectivity index (χ4v) is 5.22. The molecule has 0 spiro atoms. The first kappa shape index (κ1) is 22.5. The predicted molar refractivity (Wildman–Crippen MR) is 134 cm³/mol. The minimum Gasteiger partial charge on any atom is -0.493 e. The summed E-state index contributed by atoms with van der Waals surface area (Å²) in [4.78, 5) is 44.5. The number of fused-ring (bicyclic) bond motifs is 2. The average molecular weight is 482 g/mol. The number of amides is 3. The highest BCUT2D eigenvalue weighted by Crippen LogP contribution is 2.28. The average Bonchev–Trinajstić information content (AvgIpc) is 3.47. The minimum atomic E-state index is -0.349. The third kappa shape index (κ3) is 4.16. The maximum absolute atomic E-state index is 13.2. The first-order valence-electron chi connectivity index (χ1n) is 12.4. The van der Waals surface area contributed by atoms with Crippen molar-refractivity contribution in [3.8, 4) is 5.75 Å². The van der Waals surface area contributed by atoms with Gasteiger partial charge in [-0.2, -0.15) is 0 Å². The van der Waals surface area contributed by atoms with Gasteiger partial charge in [0.05, 0.1) is 24.3 Å². The second kappa shape index (κ2) is 9.24. The standard InChI is InChI=1S/C29H27N3O4/c33-27(31-13-11-30(12-14-31)18-21-6-9-26-22(16-21)10-15-36-26)23-7-8-24-25(17-23)29(35)32(28(24)34)19-20-4-2-1-3-5-20/h1-9,16-17H,10-15,18-19H2. The van der Waals surface area contributed by atoms with E-state index in [0.717, 1.165) is 44.0 Å². The van der Waals surface area contributed by atoms with E-state index in [2.05, 4.69) is 23.1 Å². The first-order valence-corrected chi connectivity index (χ1v) is 12.4. The number of carbonyl (C=O) groups excluding carboxylic acids is 3. The Labute approximate surface area is 209 Å². The molecule has 3 heterocycles. The summed E-state index contributed by atoms with van der Waals surface area (Å²) in [7, 11) is 0. The van der Waals surface area contributed by atoms with Crippen molar-refractivity contribution in [1.82, 2.24) is 14.7 Å². The highest BCUT2D eigenvalue weighted by Gasteiger charge is 2.36. The van der Waals surface area contributed by atoms with Crippen molar-refractivity contribution in [3.63, 3.8) is 0 Å². The van der Waals surface area contributed by atoms with Crippen molar-refractivity contribution < 1.29 is 19.1 Å². The molecule has 7 heteroatoms. The van der Waals surface area contributed by atoms with Gasteiger partial charge in [0.1, 0.15) is 5.75 Å². The van der Waals surface area contributed by atoms with Gasteiger partial charge in [-0.15, -0.1) is 0 Å². The van der Waals surface area contributed by atoms with Crippen molar-refractivity contribution >= 4 is 17.7 Å². The van der Waals surface area contributed by atoms with E-state index in [9.17, 15) is 14.4 Å². The van der Waals surface area contributed by atoms with Gasteiger partial charge < -0.3 is 9.64 Å². The van der Waals surface area contributed by atoms with Crippen LogP contribution in [0.1, 0.15) is 47.8 Å². The highest BCUT2D eigenvalue weighted by molar-refractivity contribution is 6.22. The Morgan fingerprint density at radius 3 is 2.36 bits per heavy atom. The van der Waals surface area contributed by atoms with Crippen LogP contribution < -0.4 is 4.74 Å². The number of imide groups is 1. The Hall–Kier alpha value is -3.97. The molecule has 0 atom stereocenters. The summed E-state index contributed by atoms with van der Waals surface area (Å²) in [6.07, 6.45) is 0.963. The Kier molecular flexibility index (Phi) is 5.77. The van der Waals surface area contributed by atoms with E-state index in [1.807, 2.05) is 35.2 Å². The highest BCUT2D eigenvalue weighted by atomic mass is 16.5. The summed E-state index contributed by atoms with van der Waals surface area (Å²) in [5.41, 5.74) is 4.53. The zero-order valence-electron chi connectivity index (χ0n) is 20.0. The van der Waals surface area contributed by atoms with Gasteiger partial charge >= 0.3 is 0 Å². The molecule has 36 heavy (non-hydrogen) atoms. The van der Waals surface area contributed by atoms with E-state index >= 15 is 0 Å². The molecule has 1 saturated heterocycles. The van der Waals surface area contributed by atoms with E-state index in [1.54, 1.807) is 18.2 Å². The molecule has 0 aromatic heterocycles. The molecular formula is C29H27N3O4. The summed E-state index contributed by atoms with van der Waals surface area (Å²) in [5.74, 6) is 0.225. The van der Waals surface area contributed by atoms with Crippen LogP contribution >= 0.6 is 0 Å². The van der Waals surface area contributed by atoms with Crippen LogP contribution in [0.5, 0.6) is 5.75 Å². The van der Waals surface area contributed by atoms with E-state index in [-0.39, 0.29) is 24.3 Å². The molecular weight excluding hydrogens is 454 g/mol. The summed E-state index contributed by atoms with van der Waals surface area (Å²) in [5, 5.41) is 0. The van der Waals surface area contributed by atoms with E-state index in [1.165, 1.54) is 16.0 Å². The van der Waals surface area contributed by atoms with Crippen molar-refractivity contribution in [2.45, 2.75) is 19.5 Å². The van der Waals surface area contributed by atoms with Crippen molar-refractivity contribution in [1.29, 1.82) is 0 Å². The van der Waals surface area contributed by atoms with Crippen LogP contribution in [0.2, 0.25) is 0 Å². The van der Waals surface area contributed by atoms with Gasteiger partial charge in [-0.25, -0.2) is 0 Å². The number of piperazine rings is 1. The molecule has 3 aliphatic heterocycles. The largest absolute Gasteiger partial charge is 0.493 e. The molecule has 6 rings (SSSR count). The molecule has 1 fully saturated rings. The topological polar surface area (TPSA) is 70.2 Å². The number of rotatable bonds is 5. The normalized spacial score (nSPS) is 17.2. The van der Waals surface area contributed by atoms with Gasteiger partial charge in [-0.3, -0.25) is 24.2 Å². The number of hydrogen-bond acceptors (Lipinski definition) is 5. The van der Waals surface area contributed by atoms with Gasteiger partial charge in [0.15, 0.2) is 0 Å². The van der Waals surface area contributed by atoms with Crippen molar-refractivity contribution in [3.05, 3.63) is 100 Å². The number of ether oxygens (including phenoxy) is 1. The number of benzene rings is 3. The molecule has 0 N–H and O–H groups in total. The van der Waals surface area contributed by atoms with Gasteiger partial charge in [0.2, 0.25) is 0 Å². The quantitative estimate of drug-likeness (QED) is 0.523. The Bertz CT molecular complexity index is 1350. The van der Waals surface area contributed by atoms with Gasteiger partial charge in [-0.05, 0) is 41.0 Å². The van der Waals surface area contributed by atoms with Crippen LogP contribution in [0.3, 0.4) is 0 Å². The van der Waals surface area contributed by atoms with E-state index in [4.69, 9.17) is 4.74 Å². The molecule has 7 nitrogen and oxygen atoms in total. The van der Waals surface area contributed by atoms with Crippen LogP contribution in [-0.4, -0.2) is 65.2 Å². The van der Waals surface area contributed by atoms with Crippen LogP contribution in [0.15, 0.2) is 66.7 Å². The molecule has 0 radical (unpaired) electrons. The Morgan fingerprint density at radius 2 is 1.56 bits per heavy atom. The second-order valence-electron chi connectivity index (χ2n) is 9.55. The fraction of sp³-hybridized carbons (Fsp3) is 0.276. The summed E-state index contributed by atoms with van der Waals surface area (Å²) in [6, 6.07) is 20.7. The van der Waals surface area contributed by atoms with Crippen LogP contribution in [0, 0.1) is 0 Å². The molecule has 0 saturated carbocycles. The Balaban J connectivity index is 1.10. The zero-order chi connectivity index (χ0) is 24.6. The van der Waals surface area contributed by atoms with Gasteiger partial charge in [0.25, 0.3) is 17.7 Å². The molecule has 0 unspecified atom stereocenters. The van der Waals surface area contributed by atoms with E-state index in [0.29, 0.717) is 29.8 Å². The fourth-order valence-electron chi connectivity index (χ4n) is 5.22. The lowest BCUT2D eigenvalue weighted by Gasteiger charge is -2.35. The summed E-state index contributed by atoms with van der Waals surface area (Å²) in [6.45, 7) is 4.64. The molecule has 3 aromatic rings.